The molecule has 0 aliphatic carbocycles. The number of rotatable bonds is 9. The van der Waals surface area contributed by atoms with Crippen LogP contribution < -0.4 is 10.6 Å². The zero-order valence-corrected chi connectivity index (χ0v) is 17.0. The third-order valence-corrected chi connectivity index (χ3v) is 4.38. The summed E-state index contributed by atoms with van der Waals surface area (Å²) in [7, 11) is 0. The molecule has 15 heteroatoms. The molecule has 32 heavy (non-hydrogen) atoms. The Hall–Kier alpha value is -4.56. The zero-order valence-electron chi connectivity index (χ0n) is 17.0. The van der Waals surface area contributed by atoms with Gasteiger partial charge in [0.15, 0.2) is 5.69 Å². The van der Waals surface area contributed by atoms with Crippen molar-refractivity contribution in [1.82, 2.24) is 24.9 Å². The number of nitro groups is 2. The summed E-state index contributed by atoms with van der Waals surface area (Å²) in [5, 5.41) is 35.0. The minimum absolute atomic E-state index is 0.0547. The van der Waals surface area contributed by atoms with E-state index in [4.69, 9.17) is 4.42 Å². The van der Waals surface area contributed by atoms with E-state index >= 15 is 0 Å². The van der Waals surface area contributed by atoms with Crippen molar-refractivity contribution in [2.24, 2.45) is 0 Å². The Kier molecular flexibility index (Phi) is 6.27. The van der Waals surface area contributed by atoms with Crippen molar-refractivity contribution in [1.29, 1.82) is 0 Å². The van der Waals surface area contributed by atoms with Gasteiger partial charge in [-0.25, -0.2) is 0 Å². The van der Waals surface area contributed by atoms with E-state index in [1.165, 1.54) is 24.1 Å². The van der Waals surface area contributed by atoms with Crippen LogP contribution in [0.1, 0.15) is 28.9 Å². The maximum absolute atomic E-state index is 12.5. The van der Waals surface area contributed by atoms with E-state index < -0.39 is 39.7 Å². The number of furan rings is 1. The molecule has 3 aromatic heterocycles. The highest BCUT2D eigenvalue weighted by Gasteiger charge is 2.36. The molecular formula is C17H18N8O7. The summed E-state index contributed by atoms with van der Waals surface area (Å²) < 4.78 is 7.44. The van der Waals surface area contributed by atoms with Gasteiger partial charge in [0.1, 0.15) is 18.0 Å². The molecule has 0 fully saturated rings. The molecule has 3 rings (SSSR count). The summed E-state index contributed by atoms with van der Waals surface area (Å²) in [4.78, 5) is 45.3. The second kappa shape index (κ2) is 9.07. The lowest BCUT2D eigenvalue weighted by atomic mass is 10.3. The van der Waals surface area contributed by atoms with E-state index in [1.54, 1.807) is 19.1 Å². The second-order valence-electron chi connectivity index (χ2n) is 6.49. The summed E-state index contributed by atoms with van der Waals surface area (Å²) in [5.74, 6) is -1.71. The quantitative estimate of drug-likeness (QED) is 0.361. The van der Waals surface area contributed by atoms with Crippen LogP contribution in [-0.2, 0) is 24.4 Å². The molecule has 0 radical (unpaired) electrons. The standard InChI is InChI=1S/C17H18N8O7/c1-3-22-8-12(14(20-22)17(27)18-7-11-5-4-6-32-11)19-13(26)9-23-10(2)15(24(28)29)16(21-23)25(30)31/h4-6,8H,3,7,9H2,1-2H3,(H,18,27)(H,19,26). The van der Waals surface area contributed by atoms with Crippen molar-refractivity contribution >= 4 is 29.0 Å². The van der Waals surface area contributed by atoms with E-state index in [1.807, 2.05) is 0 Å². The van der Waals surface area contributed by atoms with Gasteiger partial charge in [0.05, 0.1) is 28.5 Å². The number of hydrogen-bond acceptors (Lipinski definition) is 9. The van der Waals surface area contributed by atoms with Gasteiger partial charge >= 0.3 is 11.5 Å². The lowest BCUT2D eigenvalue weighted by Crippen LogP contribution is -2.26. The van der Waals surface area contributed by atoms with Gasteiger partial charge in [-0.05, 0) is 30.9 Å². The highest BCUT2D eigenvalue weighted by Crippen LogP contribution is 2.29. The van der Waals surface area contributed by atoms with Crippen molar-refractivity contribution in [3.8, 4) is 0 Å². The number of nitrogens with zero attached hydrogens (tertiary/aromatic N) is 6. The molecule has 0 aromatic carbocycles. The van der Waals surface area contributed by atoms with Gasteiger partial charge in [-0.1, -0.05) is 0 Å². The number of carbonyl (C=O) groups is 2. The van der Waals surface area contributed by atoms with E-state index in [0.29, 0.717) is 12.3 Å². The fourth-order valence-corrected chi connectivity index (χ4v) is 2.84. The summed E-state index contributed by atoms with van der Waals surface area (Å²) in [6, 6.07) is 3.35. The molecule has 0 unspecified atom stereocenters. The van der Waals surface area contributed by atoms with Crippen LogP contribution in [0.5, 0.6) is 0 Å². The van der Waals surface area contributed by atoms with Gasteiger partial charge < -0.3 is 25.2 Å². The fraction of sp³-hybridized carbons (Fsp3) is 0.294. The van der Waals surface area contributed by atoms with Gasteiger partial charge in [0.2, 0.25) is 5.91 Å². The first-order valence-electron chi connectivity index (χ1n) is 9.25. The Morgan fingerprint density at radius 1 is 1.22 bits per heavy atom. The molecule has 2 amide bonds. The summed E-state index contributed by atoms with van der Waals surface area (Å²) >= 11 is 0. The Balaban J connectivity index is 1.77. The van der Waals surface area contributed by atoms with Gasteiger partial charge in [-0.15, -0.1) is 0 Å². The average molecular weight is 446 g/mol. The van der Waals surface area contributed by atoms with Crippen LogP contribution in [-0.4, -0.2) is 41.2 Å². The molecular weight excluding hydrogens is 428 g/mol. The van der Waals surface area contributed by atoms with Crippen molar-refractivity contribution < 1.29 is 23.9 Å². The molecule has 3 heterocycles. The number of hydrogen-bond donors (Lipinski definition) is 2. The molecule has 0 aliphatic rings. The minimum atomic E-state index is -0.994. The Labute approximate surface area is 179 Å². The molecule has 0 spiro atoms. The zero-order chi connectivity index (χ0) is 23.4. The van der Waals surface area contributed by atoms with Crippen LogP contribution in [0.15, 0.2) is 29.0 Å². The second-order valence-corrected chi connectivity index (χ2v) is 6.49. The van der Waals surface area contributed by atoms with Gasteiger partial charge in [0.25, 0.3) is 5.91 Å². The van der Waals surface area contributed by atoms with Crippen LogP contribution in [0, 0.1) is 27.2 Å². The van der Waals surface area contributed by atoms with E-state index in [9.17, 15) is 29.8 Å². The minimum Gasteiger partial charge on any atom is -0.467 e. The monoisotopic (exact) mass is 446 g/mol. The average Bonchev–Trinajstić information content (AvgIpc) is 3.46. The lowest BCUT2D eigenvalue weighted by molar-refractivity contribution is -0.424. The van der Waals surface area contributed by atoms with Gasteiger partial charge in [0, 0.05) is 12.7 Å². The van der Waals surface area contributed by atoms with Crippen molar-refractivity contribution in [3.63, 3.8) is 0 Å². The maximum Gasteiger partial charge on any atom is 0.468 e. The number of carbonyl (C=O) groups excluding carboxylic acids is 2. The highest BCUT2D eigenvalue weighted by atomic mass is 16.6. The van der Waals surface area contributed by atoms with E-state index in [-0.39, 0.29) is 23.6 Å². The molecule has 0 bridgehead atoms. The van der Waals surface area contributed by atoms with Crippen LogP contribution in [0.25, 0.3) is 0 Å². The fourth-order valence-electron chi connectivity index (χ4n) is 2.84. The predicted molar refractivity (Wildman–Crippen MR) is 107 cm³/mol. The molecule has 168 valence electrons. The topological polar surface area (TPSA) is 193 Å². The van der Waals surface area contributed by atoms with Gasteiger partial charge in [-0.2, -0.15) is 9.78 Å². The Bertz CT molecular complexity index is 1180. The molecule has 0 saturated carbocycles. The molecule has 15 nitrogen and oxygen atoms in total. The third kappa shape index (κ3) is 4.61. The molecule has 2 N–H and O–H groups in total. The third-order valence-electron chi connectivity index (χ3n) is 4.38. The summed E-state index contributed by atoms with van der Waals surface area (Å²) in [6.07, 6.45) is 2.91. The Morgan fingerprint density at radius 3 is 2.53 bits per heavy atom. The van der Waals surface area contributed by atoms with Crippen LogP contribution >= 0.6 is 0 Å². The van der Waals surface area contributed by atoms with Crippen molar-refractivity contribution in [2.75, 3.05) is 5.32 Å². The highest BCUT2D eigenvalue weighted by molar-refractivity contribution is 6.02. The van der Waals surface area contributed by atoms with Gasteiger partial charge in [-0.3, -0.25) is 24.4 Å². The van der Waals surface area contributed by atoms with Crippen LogP contribution in [0.4, 0.5) is 17.2 Å². The number of aromatic nitrogens is 4. The van der Waals surface area contributed by atoms with Crippen LogP contribution in [0.3, 0.4) is 0 Å². The van der Waals surface area contributed by atoms with Crippen LogP contribution in [0.2, 0.25) is 0 Å². The molecule has 3 aromatic rings. The SMILES string of the molecule is CCn1cc(NC(=O)Cn2nc([N+](=O)[O-])c([N+](=O)[O-])c2C)c(C(=O)NCc2ccco2)n1. The number of amides is 2. The molecule has 0 aliphatic heterocycles. The Morgan fingerprint density at radius 2 is 1.97 bits per heavy atom. The molecule has 0 atom stereocenters. The summed E-state index contributed by atoms with van der Waals surface area (Å²) in [6.45, 7) is 3.01. The first kappa shape index (κ1) is 22.1. The normalized spacial score (nSPS) is 10.7. The number of aryl methyl sites for hydroxylation is 1. The van der Waals surface area contributed by atoms with E-state index in [2.05, 4.69) is 20.8 Å². The predicted octanol–water partition coefficient (Wildman–Crippen LogP) is 1.39. The number of nitrogens with one attached hydrogen (secondary N) is 2. The van der Waals surface area contributed by atoms with Crippen molar-refractivity contribution in [2.45, 2.75) is 33.5 Å². The largest absolute Gasteiger partial charge is 0.468 e. The summed E-state index contributed by atoms with van der Waals surface area (Å²) in [5.41, 5.74) is -0.902. The lowest BCUT2D eigenvalue weighted by Gasteiger charge is -2.05. The van der Waals surface area contributed by atoms with E-state index in [0.717, 1.165) is 4.68 Å². The maximum atomic E-state index is 12.5. The first-order chi connectivity index (χ1) is 15.2. The molecule has 0 saturated heterocycles. The number of anilines is 1. The first-order valence-corrected chi connectivity index (χ1v) is 9.25. The van der Waals surface area contributed by atoms with Crippen molar-refractivity contribution in [3.05, 3.63) is 62.0 Å². The smallest absolute Gasteiger partial charge is 0.467 e.